The van der Waals surface area contributed by atoms with Crippen molar-refractivity contribution in [2.45, 2.75) is 44.9 Å². The Morgan fingerprint density at radius 1 is 1.38 bits per heavy atom. The van der Waals surface area contributed by atoms with Gasteiger partial charge in [0.05, 0.1) is 11.4 Å². The topological polar surface area (TPSA) is 74.3 Å². The third kappa shape index (κ3) is 3.42. The summed E-state index contributed by atoms with van der Waals surface area (Å²) in [4.78, 5) is 22.6. The Labute approximate surface area is 172 Å². The van der Waals surface area contributed by atoms with Gasteiger partial charge in [0.25, 0.3) is 0 Å². The van der Waals surface area contributed by atoms with E-state index in [0.29, 0.717) is 18.2 Å². The average Bonchev–Trinajstić information content (AvgIpc) is 3.14. The largest absolute Gasteiger partial charge is 0.470 e. The Bertz CT molecular complexity index is 1190. The Morgan fingerprint density at radius 2 is 2.21 bits per heavy atom. The van der Waals surface area contributed by atoms with Crippen LogP contribution in [-0.2, 0) is 11.8 Å². The number of rotatable bonds is 7. The second kappa shape index (κ2) is 6.95. The van der Waals surface area contributed by atoms with Gasteiger partial charge in [-0.15, -0.1) is 11.3 Å². The highest BCUT2D eigenvalue weighted by Gasteiger charge is 2.30. The van der Waals surface area contributed by atoms with E-state index in [1.54, 1.807) is 11.3 Å². The molecular formula is C21H23N5O2S. The number of imidazole rings is 1. The third-order valence-electron chi connectivity index (χ3n) is 5.49. The van der Waals surface area contributed by atoms with E-state index in [4.69, 9.17) is 4.74 Å². The molecule has 1 fully saturated rings. The number of ether oxygens (including phenoxy) is 1. The van der Waals surface area contributed by atoms with Crippen LogP contribution < -0.4 is 4.74 Å². The van der Waals surface area contributed by atoms with Crippen LogP contribution in [0.3, 0.4) is 0 Å². The van der Waals surface area contributed by atoms with Crippen LogP contribution in [0.1, 0.15) is 55.0 Å². The molecular weight excluding hydrogens is 386 g/mol. The maximum absolute atomic E-state index is 12.5. The van der Waals surface area contributed by atoms with Crippen LogP contribution in [0.2, 0.25) is 0 Å². The van der Waals surface area contributed by atoms with Gasteiger partial charge < -0.3 is 4.74 Å². The van der Waals surface area contributed by atoms with Crippen molar-refractivity contribution >= 4 is 33.1 Å². The molecule has 4 heterocycles. The van der Waals surface area contributed by atoms with Gasteiger partial charge in [0.2, 0.25) is 5.88 Å². The Hall–Kier alpha value is -2.74. The first-order valence-electron chi connectivity index (χ1n) is 9.90. The lowest BCUT2D eigenvalue weighted by molar-refractivity contribution is -0.121. The fourth-order valence-corrected chi connectivity index (χ4v) is 4.50. The van der Waals surface area contributed by atoms with Gasteiger partial charge >= 0.3 is 0 Å². The van der Waals surface area contributed by atoms with Gasteiger partial charge in [0, 0.05) is 54.5 Å². The van der Waals surface area contributed by atoms with E-state index in [1.807, 2.05) is 46.9 Å². The first-order valence-corrected chi connectivity index (χ1v) is 10.8. The molecule has 0 spiro atoms. The van der Waals surface area contributed by atoms with E-state index in [9.17, 15) is 4.79 Å². The number of fused-ring (bicyclic) bond motifs is 2. The number of hydrogen-bond acceptors (Lipinski definition) is 6. The van der Waals surface area contributed by atoms with Crippen molar-refractivity contribution in [1.29, 1.82) is 0 Å². The van der Waals surface area contributed by atoms with E-state index < -0.39 is 0 Å². The number of hydrogen-bond donors (Lipinski definition) is 0. The molecule has 0 N–H and O–H groups in total. The van der Waals surface area contributed by atoms with Crippen LogP contribution in [0.15, 0.2) is 23.8 Å². The van der Waals surface area contributed by atoms with Crippen LogP contribution in [0.25, 0.3) is 16.0 Å². The summed E-state index contributed by atoms with van der Waals surface area (Å²) in [5, 5.41) is 7.78. The second-order valence-electron chi connectivity index (χ2n) is 7.95. The smallest absolute Gasteiger partial charge is 0.215 e. The maximum Gasteiger partial charge on any atom is 0.215 e. The molecule has 0 bridgehead atoms. The second-order valence-corrected chi connectivity index (χ2v) is 8.82. The number of pyridine rings is 1. The fourth-order valence-electron chi connectivity index (χ4n) is 3.79. The van der Waals surface area contributed by atoms with Crippen LogP contribution >= 0.6 is 11.3 Å². The summed E-state index contributed by atoms with van der Waals surface area (Å²) in [6.07, 6.45) is 6.76. The molecule has 0 saturated heterocycles. The van der Waals surface area contributed by atoms with Crippen molar-refractivity contribution < 1.29 is 9.53 Å². The number of Topliss-reactive ketones (excluding diaryl/α,β-unsaturated/α-hetero) is 1. The molecule has 1 atom stereocenters. The van der Waals surface area contributed by atoms with Crippen molar-refractivity contribution in [3.05, 3.63) is 40.8 Å². The summed E-state index contributed by atoms with van der Waals surface area (Å²) < 4.78 is 9.56. The number of carbonyl (C=O) groups excluding carboxylic acids is 1. The number of carbonyl (C=O) groups is 1. The van der Waals surface area contributed by atoms with E-state index in [0.717, 1.165) is 32.9 Å². The van der Waals surface area contributed by atoms with Gasteiger partial charge in [-0.1, -0.05) is 6.92 Å². The number of thiazole rings is 1. The highest BCUT2D eigenvalue weighted by atomic mass is 32.1. The number of nitrogens with zero attached hydrogens (tertiary/aromatic N) is 5. The molecule has 5 rings (SSSR count). The molecule has 0 amide bonds. The summed E-state index contributed by atoms with van der Waals surface area (Å²) >= 11 is 1.59. The van der Waals surface area contributed by atoms with Crippen molar-refractivity contribution in [3.8, 4) is 5.88 Å². The van der Waals surface area contributed by atoms with Crippen molar-refractivity contribution in [3.63, 3.8) is 0 Å². The number of ketones is 1. The monoisotopic (exact) mass is 409 g/mol. The van der Waals surface area contributed by atoms with E-state index >= 15 is 0 Å². The van der Waals surface area contributed by atoms with Crippen molar-refractivity contribution in [1.82, 2.24) is 24.1 Å². The highest BCUT2D eigenvalue weighted by molar-refractivity contribution is 7.15. The molecule has 29 heavy (non-hydrogen) atoms. The fraction of sp³-hybridized carbons (Fsp3) is 0.429. The van der Waals surface area contributed by atoms with Crippen molar-refractivity contribution in [2.75, 3.05) is 6.61 Å². The SMILES string of the molecule is Cc1cc(OCC(=O)CC(C)c2cn3ccsc3n2)nc2c1c(C1CC1)nn2C. The van der Waals surface area contributed by atoms with E-state index in [-0.39, 0.29) is 18.3 Å². The first-order chi connectivity index (χ1) is 14.0. The molecule has 1 aliphatic carbocycles. The Balaban J connectivity index is 1.26. The van der Waals surface area contributed by atoms with Gasteiger partial charge in [-0.25, -0.2) is 4.98 Å². The van der Waals surface area contributed by atoms with Gasteiger partial charge in [0.15, 0.2) is 16.4 Å². The summed E-state index contributed by atoms with van der Waals surface area (Å²) in [6.45, 7) is 4.09. The minimum absolute atomic E-state index is 0.0117. The van der Waals surface area contributed by atoms with Crippen LogP contribution in [0.5, 0.6) is 5.88 Å². The zero-order chi connectivity index (χ0) is 20.1. The molecule has 0 radical (unpaired) electrons. The number of aryl methyl sites for hydroxylation is 2. The van der Waals surface area contributed by atoms with Gasteiger partial charge in [-0.3, -0.25) is 13.9 Å². The molecule has 1 unspecified atom stereocenters. The highest BCUT2D eigenvalue weighted by Crippen LogP contribution is 2.43. The summed E-state index contributed by atoms with van der Waals surface area (Å²) in [6, 6.07) is 1.91. The standard InChI is InChI=1S/C21H23N5O2S/c1-12(16-10-26-6-7-29-21(26)22-16)8-15(27)11-28-17-9-13(2)18-19(14-4-5-14)24-25(3)20(18)23-17/h6-7,9-10,12,14H,4-5,8,11H2,1-3H3. The molecule has 4 aromatic heterocycles. The molecule has 150 valence electrons. The van der Waals surface area contributed by atoms with Gasteiger partial charge in [0.1, 0.15) is 6.61 Å². The summed E-state index contributed by atoms with van der Waals surface area (Å²) in [7, 11) is 1.91. The van der Waals surface area contributed by atoms with Crippen LogP contribution in [-0.4, -0.2) is 36.5 Å². The van der Waals surface area contributed by atoms with Crippen molar-refractivity contribution in [2.24, 2.45) is 7.05 Å². The molecule has 1 aliphatic rings. The van der Waals surface area contributed by atoms with Crippen LogP contribution in [0.4, 0.5) is 0 Å². The lowest BCUT2D eigenvalue weighted by Crippen LogP contribution is -2.14. The van der Waals surface area contributed by atoms with E-state index in [1.165, 1.54) is 12.8 Å². The zero-order valence-corrected chi connectivity index (χ0v) is 17.6. The summed E-state index contributed by atoms with van der Waals surface area (Å²) in [5.74, 6) is 1.13. The molecule has 7 nitrogen and oxygen atoms in total. The minimum Gasteiger partial charge on any atom is -0.470 e. The normalized spacial score (nSPS) is 15.3. The molecule has 8 heteroatoms. The molecule has 0 aromatic carbocycles. The molecule has 4 aromatic rings. The Morgan fingerprint density at radius 3 is 2.97 bits per heavy atom. The first kappa shape index (κ1) is 18.3. The molecule has 0 aliphatic heterocycles. The molecule has 1 saturated carbocycles. The average molecular weight is 410 g/mol. The lowest BCUT2D eigenvalue weighted by Gasteiger charge is -2.09. The van der Waals surface area contributed by atoms with E-state index in [2.05, 4.69) is 22.0 Å². The van der Waals surface area contributed by atoms with Crippen LogP contribution in [0, 0.1) is 6.92 Å². The summed E-state index contributed by atoms with van der Waals surface area (Å²) in [5.41, 5.74) is 3.99. The van der Waals surface area contributed by atoms with Gasteiger partial charge in [-0.05, 0) is 25.3 Å². The Kier molecular flexibility index (Phi) is 4.38. The predicted molar refractivity (Wildman–Crippen MR) is 112 cm³/mol. The third-order valence-corrected chi connectivity index (χ3v) is 6.26. The maximum atomic E-state index is 12.5. The quantitative estimate of drug-likeness (QED) is 0.461. The number of aromatic nitrogens is 5. The lowest BCUT2D eigenvalue weighted by atomic mass is 10.0. The predicted octanol–water partition coefficient (Wildman–Crippen LogP) is 4.01. The zero-order valence-electron chi connectivity index (χ0n) is 16.8. The minimum atomic E-state index is 0.0117. The van der Waals surface area contributed by atoms with Gasteiger partial charge in [-0.2, -0.15) is 10.1 Å².